The maximum absolute atomic E-state index is 11.4. The van der Waals surface area contributed by atoms with Gasteiger partial charge in [-0.2, -0.15) is 0 Å². The van der Waals surface area contributed by atoms with Crippen molar-refractivity contribution >= 4 is 24.8 Å². The van der Waals surface area contributed by atoms with Crippen LogP contribution in [-0.2, 0) is 5.60 Å². The molecule has 1 N–H and O–H groups in total. The molecule has 1 heterocycles. The van der Waals surface area contributed by atoms with E-state index < -0.39 is 5.60 Å². The summed E-state index contributed by atoms with van der Waals surface area (Å²) >= 11 is 0. The Morgan fingerprint density at radius 1 is 0.815 bits per heavy atom. The highest BCUT2D eigenvalue weighted by molar-refractivity contribution is 5.85. The van der Waals surface area contributed by atoms with Gasteiger partial charge in [0.15, 0.2) is 0 Å². The third-order valence-electron chi connectivity index (χ3n) is 4.87. The fourth-order valence-electron chi connectivity index (χ4n) is 3.16. The topological polar surface area (TPSA) is 26.7 Å². The van der Waals surface area contributed by atoms with E-state index in [1.165, 1.54) is 0 Å². The van der Waals surface area contributed by atoms with Gasteiger partial charge in [-0.15, -0.1) is 24.8 Å². The zero-order valence-electron chi connectivity index (χ0n) is 15.7. The largest absolute Gasteiger partial charge is 0.379 e. The zero-order chi connectivity index (χ0) is 17.5. The van der Waals surface area contributed by atoms with Crippen molar-refractivity contribution in [3.8, 4) is 11.8 Å². The Morgan fingerprint density at radius 3 is 1.78 bits per heavy atom. The summed E-state index contributed by atoms with van der Waals surface area (Å²) in [6, 6.07) is 19.6. The summed E-state index contributed by atoms with van der Waals surface area (Å²) in [6.45, 7) is 5.09. The molecule has 1 saturated heterocycles. The van der Waals surface area contributed by atoms with Crippen LogP contribution in [0.1, 0.15) is 17.5 Å². The predicted molar refractivity (Wildman–Crippen MR) is 117 cm³/mol. The Labute approximate surface area is 175 Å². The van der Waals surface area contributed by atoms with Crippen molar-refractivity contribution in [2.24, 2.45) is 0 Å². The molecular formula is C22H28Cl2N2O. The number of hydrogen-bond acceptors (Lipinski definition) is 3. The summed E-state index contributed by atoms with van der Waals surface area (Å²) in [5.74, 6) is 6.49. The average molecular weight is 407 g/mol. The second kappa shape index (κ2) is 11.3. The van der Waals surface area contributed by atoms with E-state index >= 15 is 0 Å². The molecule has 27 heavy (non-hydrogen) atoms. The highest BCUT2D eigenvalue weighted by atomic mass is 35.5. The summed E-state index contributed by atoms with van der Waals surface area (Å²) < 4.78 is 0. The van der Waals surface area contributed by atoms with Gasteiger partial charge in [0.05, 0.1) is 6.54 Å². The van der Waals surface area contributed by atoms with Crippen LogP contribution in [0.3, 0.4) is 0 Å². The second-order valence-corrected chi connectivity index (χ2v) is 6.70. The lowest BCUT2D eigenvalue weighted by Gasteiger charge is -2.31. The maximum Gasteiger partial charge on any atom is 0.125 e. The van der Waals surface area contributed by atoms with Gasteiger partial charge in [0, 0.05) is 32.6 Å². The van der Waals surface area contributed by atoms with Crippen molar-refractivity contribution in [1.82, 2.24) is 9.80 Å². The van der Waals surface area contributed by atoms with Crippen molar-refractivity contribution in [2.75, 3.05) is 39.8 Å². The first-order chi connectivity index (χ1) is 12.2. The van der Waals surface area contributed by atoms with Crippen LogP contribution in [-0.4, -0.2) is 54.7 Å². The molecule has 3 nitrogen and oxygen atoms in total. The minimum atomic E-state index is -1.07. The predicted octanol–water partition coefficient (Wildman–Crippen LogP) is 3.41. The third kappa shape index (κ3) is 6.24. The zero-order valence-corrected chi connectivity index (χ0v) is 17.3. The lowest BCUT2D eigenvalue weighted by molar-refractivity contribution is 0.0864. The summed E-state index contributed by atoms with van der Waals surface area (Å²) in [4.78, 5) is 4.71. The monoisotopic (exact) mass is 406 g/mol. The van der Waals surface area contributed by atoms with E-state index in [1.54, 1.807) is 0 Å². The number of nitrogens with zero attached hydrogens (tertiary/aromatic N) is 2. The lowest BCUT2D eigenvalue weighted by Crippen LogP contribution is -2.44. The highest BCUT2D eigenvalue weighted by Crippen LogP contribution is 2.32. The summed E-state index contributed by atoms with van der Waals surface area (Å²) in [5.41, 5.74) is 0.697. The Bertz CT molecular complexity index is 681. The van der Waals surface area contributed by atoms with E-state index in [2.05, 4.69) is 28.7 Å². The molecule has 1 aliphatic heterocycles. The molecule has 1 fully saturated rings. The molecule has 1 aliphatic rings. The Kier molecular flexibility index (Phi) is 9.87. The molecule has 3 rings (SSSR count). The minimum absolute atomic E-state index is 0. The fourth-order valence-corrected chi connectivity index (χ4v) is 3.16. The number of rotatable bonds is 4. The molecule has 0 unspecified atom stereocenters. The van der Waals surface area contributed by atoms with Crippen LogP contribution in [0.4, 0.5) is 0 Å². The van der Waals surface area contributed by atoms with Crippen LogP contribution in [0.15, 0.2) is 60.7 Å². The molecule has 0 bridgehead atoms. The van der Waals surface area contributed by atoms with Crippen LogP contribution in [0.2, 0.25) is 0 Å². The number of likely N-dealkylation sites (N-methyl/N-ethyl adjacent to an activating group) is 1. The van der Waals surface area contributed by atoms with E-state index in [9.17, 15) is 5.11 Å². The van der Waals surface area contributed by atoms with Crippen molar-refractivity contribution in [2.45, 2.75) is 12.0 Å². The first kappa shape index (κ1) is 23.5. The molecule has 0 radical (unpaired) electrons. The third-order valence-corrected chi connectivity index (χ3v) is 4.87. The molecule has 146 valence electrons. The van der Waals surface area contributed by atoms with Crippen LogP contribution in [0.25, 0.3) is 0 Å². The lowest BCUT2D eigenvalue weighted by atomic mass is 9.84. The maximum atomic E-state index is 11.4. The molecule has 5 heteroatoms. The van der Waals surface area contributed by atoms with Gasteiger partial charge in [-0.1, -0.05) is 72.5 Å². The van der Waals surface area contributed by atoms with Gasteiger partial charge in [-0.05, 0) is 18.2 Å². The number of halogens is 2. The van der Waals surface area contributed by atoms with E-state index in [-0.39, 0.29) is 24.8 Å². The molecule has 0 atom stereocenters. The van der Waals surface area contributed by atoms with E-state index in [1.807, 2.05) is 60.7 Å². The smallest absolute Gasteiger partial charge is 0.125 e. The molecule has 0 amide bonds. The van der Waals surface area contributed by atoms with E-state index in [0.29, 0.717) is 6.42 Å². The Morgan fingerprint density at radius 2 is 1.30 bits per heavy atom. The van der Waals surface area contributed by atoms with Gasteiger partial charge in [0.2, 0.25) is 0 Å². The Balaban J connectivity index is 0.00000182. The molecule has 2 aromatic rings. The molecule has 0 aliphatic carbocycles. The minimum Gasteiger partial charge on any atom is -0.379 e. The summed E-state index contributed by atoms with van der Waals surface area (Å²) in [5, 5.41) is 11.4. The van der Waals surface area contributed by atoms with E-state index in [4.69, 9.17) is 0 Å². The van der Waals surface area contributed by atoms with Crippen LogP contribution in [0, 0.1) is 11.8 Å². The first-order valence-corrected chi connectivity index (χ1v) is 8.88. The second-order valence-electron chi connectivity index (χ2n) is 6.70. The standard InChI is InChI=1S/C22H26N2O.2ClH/c1-23-16-18-24(19-17-23)15-9-8-14-22(25,20-10-4-2-5-11-20)21-12-6-3-7-13-21;;/h2-7,10-13,25H,14-19H2,1H3;2*1H. The van der Waals surface area contributed by atoms with Crippen molar-refractivity contribution in [1.29, 1.82) is 0 Å². The van der Waals surface area contributed by atoms with Crippen molar-refractivity contribution in [3.63, 3.8) is 0 Å². The van der Waals surface area contributed by atoms with Crippen LogP contribution in [0.5, 0.6) is 0 Å². The number of benzene rings is 2. The molecular weight excluding hydrogens is 379 g/mol. The van der Waals surface area contributed by atoms with E-state index in [0.717, 1.165) is 43.9 Å². The van der Waals surface area contributed by atoms with Gasteiger partial charge in [-0.3, -0.25) is 4.90 Å². The fraction of sp³-hybridized carbons (Fsp3) is 0.364. The number of piperazine rings is 1. The van der Waals surface area contributed by atoms with Gasteiger partial charge in [0.1, 0.15) is 5.60 Å². The molecule has 0 saturated carbocycles. The molecule has 0 spiro atoms. The molecule has 2 aromatic carbocycles. The number of hydrogen-bond donors (Lipinski definition) is 1. The SMILES string of the molecule is CN1CCN(CC#CCC(O)(c2ccccc2)c2ccccc2)CC1.Cl.Cl. The number of aliphatic hydroxyl groups is 1. The normalized spacial score (nSPS) is 15.0. The van der Waals surface area contributed by atoms with Gasteiger partial charge < -0.3 is 10.0 Å². The van der Waals surface area contributed by atoms with Gasteiger partial charge in [0.25, 0.3) is 0 Å². The first-order valence-electron chi connectivity index (χ1n) is 8.88. The van der Waals surface area contributed by atoms with Crippen molar-refractivity contribution in [3.05, 3.63) is 71.8 Å². The summed E-state index contributed by atoms with van der Waals surface area (Å²) in [7, 11) is 2.16. The van der Waals surface area contributed by atoms with Gasteiger partial charge in [-0.25, -0.2) is 0 Å². The Hall–Kier alpha value is -1.54. The summed E-state index contributed by atoms with van der Waals surface area (Å²) in [6.07, 6.45) is 0.398. The van der Waals surface area contributed by atoms with Crippen molar-refractivity contribution < 1.29 is 5.11 Å². The van der Waals surface area contributed by atoms with Gasteiger partial charge >= 0.3 is 0 Å². The highest BCUT2D eigenvalue weighted by Gasteiger charge is 2.30. The average Bonchev–Trinajstić information content (AvgIpc) is 2.68. The van der Waals surface area contributed by atoms with Crippen LogP contribution < -0.4 is 0 Å². The molecule has 0 aromatic heterocycles. The quantitative estimate of drug-likeness (QED) is 0.787. The van der Waals surface area contributed by atoms with Crippen LogP contribution >= 0.6 is 24.8 Å².